The first-order valence-corrected chi connectivity index (χ1v) is 7.37. The van der Waals surface area contributed by atoms with Crippen molar-refractivity contribution in [3.8, 4) is 0 Å². The summed E-state index contributed by atoms with van der Waals surface area (Å²) in [5.74, 6) is 4.82. The fourth-order valence-electron chi connectivity index (χ4n) is 2.60. The number of nitrogens with zero attached hydrogens (tertiary/aromatic N) is 1. The van der Waals surface area contributed by atoms with Crippen LogP contribution in [0.1, 0.15) is 43.2 Å². The molecule has 114 valence electrons. The number of nitrogens with two attached hydrogens (primary N) is 1. The van der Waals surface area contributed by atoms with Gasteiger partial charge in [0.2, 0.25) is 0 Å². The predicted molar refractivity (Wildman–Crippen MR) is 80.9 cm³/mol. The lowest BCUT2D eigenvalue weighted by atomic mass is 9.99. The Hall–Kier alpha value is -1.88. The molecular weight excluding hydrogens is 268 g/mol. The van der Waals surface area contributed by atoms with Crippen LogP contribution in [0, 0.1) is 0 Å². The Bertz CT molecular complexity index is 485. The minimum Gasteiger partial charge on any atom is -0.462 e. The van der Waals surface area contributed by atoms with E-state index in [1.165, 1.54) is 5.56 Å². The van der Waals surface area contributed by atoms with Gasteiger partial charge in [0.1, 0.15) is 6.10 Å². The Morgan fingerprint density at radius 2 is 2.10 bits per heavy atom. The predicted octanol–water partition coefficient (Wildman–Crippen LogP) is 1.76. The molecule has 2 atom stereocenters. The second-order valence-corrected chi connectivity index (χ2v) is 5.47. The molecule has 1 aromatic rings. The number of aliphatic hydroxyl groups is 1. The van der Waals surface area contributed by atoms with Crippen LogP contribution in [-0.4, -0.2) is 29.5 Å². The van der Waals surface area contributed by atoms with Gasteiger partial charge in [0.05, 0.1) is 18.7 Å². The van der Waals surface area contributed by atoms with E-state index in [9.17, 15) is 9.90 Å². The molecule has 5 nitrogen and oxygen atoms in total. The maximum atomic E-state index is 11.2. The van der Waals surface area contributed by atoms with Crippen LogP contribution in [0.25, 0.3) is 0 Å². The summed E-state index contributed by atoms with van der Waals surface area (Å²) >= 11 is 0. The average molecular weight is 290 g/mol. The largest absolute Gasteiger partial charge is 0.462 e. The number of cyclic esters (lactones) is 1. The number of esters is 1. The maximum absolute atomic E-state index is 11.2. The number of ether oxygens (including phenoxy) is 1. The molecule has 2 rings (SSSR count). The Labute approximate surface area is 124 Å². The molecule has 0 aliphatic carbocycles. The Morgan fingerprint density at radius 1 is 1.33 bits per heavy atom. The second-order valence-electron chi connectivity index (χ2n) is 5.47. The molecule has 21 heavy (non-hydrogen) atoms. The highest BCUT2D eigenvalue weighted by molar-refractivity contribution is 5.79. The molecule has 0 amide bonds. The Balaban J connectivity index is 1.68. The first kappa shape index (κ1) is 15.5. The number of hydrogen-bond donors (Lipinski definition) is 2. The standard InChI is InChI=1S/C16H22N2O3/c17-18-11-13-7-5-12(6-8-13)3-1-2-4-15-9-14(19)10-16(20)21-15/h5-8,11,14-15,19H,1-4,9-10,17H2/t14-,15+/m0/s1. The molecule has 0 radical (unpaired) electrons. The van der Waals surface area contributed by atoms with E-state index in [0.29, 0.717) is 6.42 Å². The van der Waals surface area contributed by atoms with E-state index in [1.807, 2.05) is 12.1 Å². The lowest BCUT2D eigenvalue weighted by Gasteiger charge is -2.25. The summed E-state index contributed by atoms with van der Waals surface area (Å²) in [6.45, 7) is 0. The molecule has 0 saturated carbocycles. The highest BCUT2D eigenvalue weighted by Crippen LogP contribution is 2.20. The van der Waals surface area contributed by atoms with Gasteiger partial charge in [0.15, 0.2) is 0 Å². The van der Waals surface area contributed by atoms with Crippen LogP contribution in [0.15, 0.2) is 29.4 Å². The summed E-state index contributed by atoms with van der Waals surface area (Å²) in [4.78, 5) is 11.2. The number of unbranched alkanes of at least 4 members (excludes halogenated alkanes) is 1. The van der Waals surface area contributed by atoms with Crippen LogP contribution in [0.5, 0.6) is 0 Å². The van der Waals surface area contributed by atoms with Crippen LogP contribution in [0.3, 0.4) is 0 Å². The SMILES string of the molecule is NN=Cc1ccc(CCCC[C@@H]2C[C@H](O)CC(=O)O2)cc1. The monoisotopic (exact) mass is 290 g/mol. The minimum absolute atomic E-state index is 0.121. The highest BCUT2D eigenvalue weighted by atomic mass is 16.5. The Kier molecular flexibility index (Phi) is 5.75. The summed E-state index contributed by atoms with van der Waals surface area (Å²) < 4.78 is 5.23. The van der Waals surface area contributed by atoms with Gasteiger partial charge >= 0.3 is 5.97 Å². The van der Waals surface area contributed by atoms with Gasteiger partial charge in [0, 0.05) is 6.42 Å². The molecule has 1 fully saturated rings. The number of benzene rings is 1. The first-order valence-electron chi connectivity index (χ1n) is 7.37. The molecule has 0 unspecified atom stereocenters. The number of aryl methyl sites for hydroxylation is 1. The molecule has 1 aromatic carbocycles. The third-order valence-corrected chi connectivity index (χ3v) is 3.68. The number of hydrazone groups is 1. The van der Waals surface area contributed by atoms with Crippen LogP contribution in [0.4, 0.5) is 0 Å². The zero-order chi connectivity index (χ0) is 15.1. The average Bonchev–Trinajstić information content (AvgIpc) is 2.45. The van der Waals surface area contributed by atoms with Crippen molar-refractivity contribution in [3.63, 3.8) is 0 Å². The second kappa shape index (κ2) is 7.78. The lowest BCUT2D eigenvalue weighted by molar-refractivity contribution is -0.160. The van der Waals surface area contributed by atoms with Crippen LogP contribution in [0.2, 0.25) is 0 Å². The summed E-state index contributed by atoms with van der Waals surface area (Å²) in [5.41, 5.74) is 2.26. The molecule has 1 saturated heterocycles. The lowest BCUT2D eigenvalue weighted by Crippen LogP contribution is -2.32. The van der Waals surface area contributed by atoms with Crippen LogP contribution in [-0.2, 0) is 16.0 Å². The molecule has 1 aliphatic rings. The summed E-state index contributed by atoms with van der Waals surface area (Å²) in [6, 6.07) is 8.12. The Morgan fingerprint density at radius 3 is 2.76 bits per heavy atom. The quantitative estimate of drug-likeness (QED) is 0.275. The first-order chi connectivity index (χ1) is 10.2. The summed E-state index contributed by atoms with van der Waals surface area (Å²) in [6.07, 6.45) is 5.49. The normalized spacial score (nSPS) is 22.4. The van der Waals surface area contributed by atoms with E-state index >= 15 is 0 Å². The van der Waals surface area contributed by atoms with Crippen molar-refractivity contribution in [2.45, 2.75) is 50.7 Å². The third kappa shape index (κ3) is 5.19. The van der Waals surface area contributed by atoms with E-state index in [-0.39, 0.29) is 18.5 Å². The molecular formula is C16H22N2O3. The van der Waals surface area contributed by atoms with Gasteiger partial charge in [-0.2, -0.15) is 5.10 Å². The van der Waals surface area contributed by atoms with Crippen molar-refractivity contribution in [2.75, 3.05) is 0 Å². The van der Waals surface area contributed by atoms with E-state index in [1.54, 1.807) is 6.21 Å². The number of aliphatic hydroxyl groups excluding tert-OH is 1. The van der Waals surface area contributed by atoms with Gasteiger partial charge in [0.25, 0.3) is 0 Å². The highest BCUT2D eigenvalue weighted by Gasteiger charge is 2.26. The van der Waals surface area contributed by atoms with Crippen molar-refractivity contribution in [3.05, 3.63) is 35.4 Å². The van der Waals surface area contributed by atoms with Gasteiger partial charge < -0.3 is 15.7 Å². The van der Waals surface area contributed by atoms with E-state index in [4.69, 9.17) is 10.6 Å². The fourth-order valence-corrected chi connectivity index (χ4v) is 2.60. The molecule has 5 heteroatoms. The fraction of sp³-hybridized carbons (Fsp3) is 0.500. The van der Waals surface area contributed by atoms with Gasteiger partial charge in [-0.05, 0) is 36.8 Å². The topological polar surface area (TPSA) is 84.9 Å². The van der Waals surface area contributed by atoms with Gasteiger partial charge in [-0.15, -0.1) is 0 Å². The minimum atomic E-state index is -0.534. The van der Waals surface area contributed by atoms with E-state index in [2.05, 4.69) is 17.2 Å². The van der Waals surface area contributed by atoms with Crippen molar-refractivity contribution >= 4 is 12.2 Å². The third-order valence-electron chi connectivity index (χ3n) is 3.68. The molecule has 0 spiro atoms. The maximum Gasteiger partial charge on any atom is 0.308 e. The van der Waals surface area contributed by atoms with Gasteiger partial charge in [-0.25, -0.2) is 0 Å². The number of carbonyl (C=O) groups is 1. The number of carbonyl (C=O) groups excluding carboxylic acids is 1. The molecule has 0 bridgehead atoms. The van der Waals surface area contributed by atoms with Gasteiger partial charge in [-0.1, -0.05) is 24.3 Å². The van der Waals surface area contributed by atoms with Crippen molar-refractivity contribution in [1.82, 2.24) is 0 Å². The molecule has 1 aliphatic heterocycles. The van der Waals surface area contributed by atoms with Crippen LogP contribution < -0.4 is 5.84 Å². The number of hydrogen-bond acceptors (Lipinski definition) is 5. The zero-order valence-corrected chi connectivity index (χ0v) is 12.1. The molecule has 1 heterocycles. The smallest absolute Gasteiger partial charge is 0.308 e. The van der Waals surface area contributed by atoms with E-state index in [0.717, 1.165) is 31.2 Å². The molecule has 0 aromatic heterocycles. The zero-order valence-electron chi connectivity index (χ0n) is 12.1. The van der Waals surface area contributed by atoms with E-state index < -0.39 is 6.10 Å². The van der Waals surface area contributed by atoms with Crippen molar-refractivity contribution in [2.24, 2.45) is 10.9 Å². The van der Waals surface area contributed by atoms with Gasteiger partial charge in [-0.3, -0.25) is 4.79 Å². The number of rotatable bonds is 6. The van der Waals surface area contributed by atoms with Crippen LogP contribution >= 0.6 is 0 Å². The summed E-state index contributed by atoms with van der Waals surface area (Å²) in [5, 5.41) is 13.0. The summed E-state index contributed by atoms with van der Waals surface area (Å²) in [7, 11) is 0. The van der Waals surface area contributed by atoms with Crippen molar-refractivity contribution in [1.29, 1.82) is 0 Å². The van der Waals surface area contributed by atoms with Crippen molar-refractivity contribution < 1.29 is 14.6 Å². The molecule has 3 N–H and O–H groups in total.